The van der Waals surface area contributed by atoms with Crippen LogP contribution in [0.25, 0.3) is 10.8 Å². The summed E-state index contributed by atoms with van der Waals surface area (Å²) < 4.78 is 68.4. The summed E-state index contributed by atoms with van der Waals surface area (Å²) in [6.45, 7) is 1.86. The fourth-order valence-corrected chi connectivity index (χ4v) is 3.64. The van der Waals surface area contributed by atoms with Crippen molar-refractivity contribution in [2.45, 2.75) is 16.7 Å². The van der Waals surface area contributed by atoms with Crippen molar-refractivity contribution in [3.05, 3.63) is 54.1 Å². The molecule has 0 aromatic heterocycles. The number of benzene rings is 3. The van der Waals surface area contributed by atoms with Crippen molar-refractivity contribution in [3.8, 4) is 5.75 Å². The van der Waals surface area contributed by atoms with Crippen LogP contribution in [0, 0.1) is 6.92 Å². The molecule has 0 aliphatic heterocycles. The maximum absolute atomic E-state index is 11.6. The monoisotopic (exact) mass is 466 g/mol. The number of fused-ring (bicyclic) bond motifs is 1. The normalized spacial score (nSPS) is 11.8. The zero-order valence-corrected chi connectivity index (χ0v) is 21.9. The zero-order valence-electron chi connectivity index (χ0n) is 16.2. The fraction of sp³-hybridized carbons (Fsp3) is 0.0588. The summed E-state index contributed by atoms with van der Waals surface area (Å²) in [5, 5.41) is 17.8. The third-order valence-corrected chi connectivity index (χ3v) is 5.56. The van der Waals surface area contributed by atoms with Crippen molar-refractivity contribution in [2.75, 3.05) is 0 Å². The van der Waals surface area contributed by atoms with Gasteiger partial charge < -0.3 is 14.2 Å². The van der Waals surface area contributed by atoms with E-state index >= 15 is 0 Å². The van der Waals surface area contributed by atoms with Gasteiger partial charge in [-0.15, -0.1) is 5.11 Å². The van der Waals surface area contributed by atoms with Crippen LogP contribution in [0.2, 0.25) is 0 Å². The molecule has 0 fully saturated rings. The minimum atomic E-state index is -5.10. The predicted molar refractivity (Wildman–Crippen MR) is 96.9 cm³/mol. The number of phenols is 1. The first-order valence-electron chi connectivity index (χ1n) is 7.67. The van der Waals surface area contributed by atoms with Gasteiger partial charge in [0.2, 0.25) is 0 Å². The summed E-state index contributed by atoms with van der Waals surface area (Å²) >= 11 is 0. The molecule has 3 aromatic rings. The van der Waals surface area contributed by atoms with E-state index in [0.717, 1.165) is 29.8 Å². The molecule has 0 saturated heterocycles. The number of aromatic hydroxyl groups is 1. The van der Waals surface area contributed by atoms with E-state index in [2.05, 4.69) is 10.2 Å². The van der Waals surface area contributed by atoms with Gasteiger partial charge in [0.15, 0.2) is 5.75 Å². The quantitative estimate of drug-likeness (QED) is 0.245. The molecule has 0 aliphatic rings. The Morgan fingerprint density at radius 3 is 1.97 bits per heavy atom. The third-order valence-electron chi connectivity index (χ3n) is 3.88. The van der Waals surface area contributed by atoms with E-state index in [1.807, 2.05) is 6.92 Å². The number of hydrogen-bond acceptors (Lipinski definition) is 9. The smallest absolute Gasteiger partial charge is 0.744 e. The molecule has 0 aliphatic carbocycles. The summed E-state index contributed by atoms with van der Waals surface area (Å²) in [5.74, 6) is -0.683. The van der Waals surface area contributed by atoms with Gasteiger partial charge in [0.05, 0.1) is 15.5 Å². The van der Waals surface area contributed by atoms with Gasteiger partial charge in [-0.2, -0.15) is 5.11 Å². The van der Waals surface area contributed by atoms with E-state index in [-0.39, 0.29) is 69.9 Å². The number of hydrogen-bond donors (Lipinski definition) is 1. The molecular weight excluding hydrogens is 454 g/mol. The average molecular weight is 466 g/mol. The van der Waals surface area contributed by atoms with Gasteiger partial charge in [0.25, 0.3) is 0 Å². The predicted octanol–water partition coefficient (Wildman–Crippen LogP) is -2.91. The summed E-state index contributed by atoms with van der Waals surface area (Å²) in [7, 11) is -9.91. The molecule has 0 saturated carbocycles. The molecule has 3 aromatic carbocycles. The van der Waals surface area contributed by atoms with Crippen molar-refractivity contribution < 1.29 is 90.2 Å². The minimum absolute atomic E-state index is 0. The van der Waals surface area contributed by atoms with E-state index in [4.69, 9.17) is 0 Å². The first-order chi connectivity index (χ1) is 13.0. The number of rotatable bonds is 4. The van der Waals surface area contributed by atoms with E-state index < -0.39 is 41.5 Å². The van der Waals surface area contributed by atoms with Crippen LogP contribution in [0.5, 0.6) is 5.75 Å². The van der Waals surface area contributed by atoms with Gasteiger partial charge in [-0.1, -0.05) is 17.7 Å². The largest absolute Gasteiger partial charge is 1.00 e. The van der Waals surface area contributed by atoms with Gasteiger partial charge in [0, 0.05) is 5.39 Å². The molecule has 13 heteroatoms. The van der Waals surface area contributed by atoms with Crippen molar-refractivity contribution in [2.24, 2.45) is 10.2 Å². The Balaban J connectivity index is 0.00000225. The first-order valence-corrected chi connectivity index (χ1v) is 10.5. The van der Waals surface area contributed by atoms with Crippen LogP contribution in [0.15, 0.2) is 68.6 Å². The number of nitrogens with zero attached hydrogens (tertiary/aromatic N) is 2. The van der Waals surface area contributed by atoms with Crippen LogP contribution < -0.4 is 59.1 Å². The SMILES string of the molecule is Cc1ccc(N=Nc2c(S(=O)(=O)[O-])cc3cc(S(=O)(=O)[O-])ccc3c2O)cc1.[Na+].[Na+]. The van der Waals surface area contributed by atoms with Crippen molar-refractivity contribution in [1.29, 1.82) is 0 Å². The van der Waals surface area contributed by atoms with Crippen LogP contribution in [0.4, 0.5) is 11.4 Å². The Morgan fingerprint density at radius 1 is 0.833 bits per heavy atom. The molecule has 0 spiro atoms. The minimum Gasteiger partial charge on any atom is -0.744 e. The second-order valence-corrected chi connectivity index (χ2v) is 8.63. The van der Waals surface area contributed by atoms with E-state index in [0.29, 0.717) is 5.69 Å². The van der Waals surface area contributed by atoms with Crippen LogP contribution in [0.3, 0.4) is 0 Å². The molecule has 0 bridgehead atoms. The van der Waals surface area contributed by atoms with Gasteiger partial charge in [-0.05, 0) is 48.7 Å². The summed E-state index contributed by atoms with van der Waals surface area (Å²) in [6.07, 6.45) is 0. The molecule has 30 heavy (non-hydrogen) atoms. The molecule has 0 unspecified atom stereocenters. The Kier molecular flexibility index (Phi) is 9.21. The Labute approximate surface area is 217 Å². The molecule has 3 rings (SSSR count). The number of phenolic OH excluding ortho intramolecular Hbond substituents is 1. The fourth-order valence-electron chi connectivity index (χ4n) is 2.49. The maximum Gasteiger partial charge on any atom is 1.00 e. The molecule has 0 radical (unpaired) electrons. The van der Waals surface area contributed by atoms with Crippen molar-refractivity contribution in [1.82, 2.24) is 0 Å². The van der Waals surface area contributed by atoms with Crippen molar-refractivity contribution in [3.63, 3.8) is 0 Å². The second kappa shape index (κ2) is 10.2. The summed E-state index contributed by atoms with van der Waals surface area (Å²) in [4.78, 5) is -1.53. The Morgan fingerprint density at radius 2 is 1.43 bits per heavy atom. The molecule has 146 valence electrons. The maximum atomic E-state index is 11.6. The Bertz CT molecular complexity index is 1320. The van der Waals surface area contributed by atoms with E-state index in [1.165, 1.54) is 0 Å². The molecule has 0 amide bonds. The van der Waals surface area contributed by atoms with Crippen LogP contribution in [-0.2, 0) is 20.2 Å². The number of aryl methyl sites for hydroxylation is 1. The molecule has 0 heterocycles. The molecular formula is C17H12N2Na2O7S2. The van der Waals surface area contributed by atoms with Crippen LogP contribution >= 0.6 is 0 Å². The molecule has 9 nitrogen and oxygen atoms in total. The zero-order chi connectivity index (χ0) is 20.7. The standard InChI is InChI=1S/C17H14N2O7S2.2Na/c1-10-2-4-12(5-3-10)18-19-16-15(28(24,25)26)9-11-8-13(27(21,22)23)6-7-14(11)17(16)20;;/h2-9,20H,1H3,(H,21,22,23)(H,24,25,26);;/q;2*+1/p-2. The number of azo groups is 1. The van der Waals surface area contributed by atoms with E-state index in [1.54, 1.807) is 24.3 Å². The summed E-state index contributed by atoms with van der Waals surface area (Å²) in [5.41, 5.74) is 0.729. The van der Waals surface area contributed by atoms with Gasteiger partial charge >= 0.3 is 59.1 Å². The molecule has 0 atom stereocenters. The second-order valence-electron chi connectivity index (χ2n) is 5.90. The third kappa shape index (κ3) is 6.10. The van der Waals surface area contributed by atoms with E-state index in [9.17, 15) is 31.0 Å². The van der Waals surface area contributed by atoms with Crippen LogP contribution in [0.1, 0.15) is 5.56 Å². The van der Waals surface area contributed by atoms with Gasteiger partial charge in [-0.25, -0.2) is 16.8 Å². The first kappa shape index (κ1) is 27.2. The van der Waals surface area contributed by atoms with Gasteiger partial charge in [-0.3, -0.25) is 0 Å². The average Bonchev–Trinajstić information content (AvgIpc) is 2.60. The molecule has 1 N–H and O–H groups in total. The topological polar surface area (TPSA) is 159 Å². The summed E-state index contributed by atoms with van der Waals surface area (Å²) in [6, 6.07) is 10.5. The van der Waals surface area contributed by atoms with Gasteiger partial charge in [0.1, 0.15) is 25.9 Å². The van der Waals surface area contributed by atoms with Crippen LogP contribution in [-0.4, -0.2) is 31.0 Å². The Hall–Kier alpha value is -0.860. The van der Waals surface area contributed by atoms with Crippen molar-refractivity contribution >= 4 is 42.4 Å².